The summed E-state index contributed by atoms with van der Waals surface area (Å²) in [5, 5.41) is 0. The fourth-order valence-corrected chi connectivity index (χ4v) is 9.33. The second-order valence-corrected chi connectivity index (χ2v) is 19.7. The van der Waals surface area contributed by atoms with Crippen LogP contribution in [-0.4, -0.2) is 93.8 Å². The Bertz CT molecular complexity index is 1330. The number of amides is 6. The Balaban J connectivity index is 1.30. The number of imide groups is 2. The minimum atomic E-state index is -0.525. The van der Waals surface area contributed by atoms with Gasteiger partial charge in [0.25, 0.3) is 0 Å². The summed E-state index contributed by atoms with van der Waals surface area (Å²) < 4.78 is 0. The number of hydrogen-bond donors (Lipinski definition) is 0. The van der Waals surface area contributed by atoms with Gasteiger partial charge in [-0.3, -0.25) is 38.6 Å². The molecule has 10 heteroatoms. The van der Waals surface area contributed by atoms with E-state index in [1.807, 2.05) is 23.6 Å². The summed E-state index contributed by atoms with van der Waals surface area (Å²) in [6.07, 6.45) is 7.59. The van der Waals surface area contributed by atoms with Gasteiger partial charge >= 0.3 is 0 Å². The van der Waals surface area contributed by atoms with Gasteiger partial charge < -0.3 is 9.80 Å². The molecule has 52 heavy (non-hydrogen) atoms. The fourth-order valence-electron chi connectivity index (χ4n) is 9.33. The number of piperidine rings is 2. The van der Waals surface area contributed by atoms with Crippen molar-refractivity contribution in [2.75, 3.05) is 32.7 Å². The zero-order valence-electron chi connectivity index (χ0n) is 34.2. The minimum Gasteiger partial charge on any atom is -0.343 e. The number of carbonyl (C=O) groups is 6. The van der Waals surface area contributed by atoms with Crippen molar-refractivity contribution in [2.45, 2.75) is 152 Å². The summed E-state index contributed by atoms with van der Waals surface area (Å²) in [6, 6.07) is -0.109. The van der Waals surface area contributed by atoms with Crippen molar-refractivity contribution in [3.05, 3.63) is 0 Å². The third-order valence-electron chi connectivity index (χ3n) is 13.2. The normalized spacial score (nSPS) is 25.7. The molecule has 0 radical (unpaired) electrons. The van der Waals surface area contributed by atoms with Gasteiger partial charge in [0.2, 0.25) is 35.4 Å². The highest BCUT2D eigenvalue weighted by atomic mass is 16.2. The van der Waals surface area contributed by atoms with Crippen molar-refractivity contribution in [3.8, 4) is 0 Å². The standard InChI is InChI=1S/C42H70N4O6/c1-28(2)32-25-36(49)46(38(32)51)23-18-35(48)44-22-17-30(41(6,7)8)24-31(44)27-42(9,10)33-26-37(50)45(39(33)52)19-13-11-12-14-34(47)43-20-15-29(16-21-43)40(3,4)5/h28-33H,11-27H2,1-10H3. The Hall–Kier alpha value is -2.78. The second-order valence-electron chi connectivity index (χ2n) is 19.7. The lowest BCUT2D eigenvalue weighted by Crippen LogP contribution is -2.51. The van der Waals surface area contributed by atoms with Gasteiger partial charge in [0, 0.05) is 70.4 Å². The first-order chi connectivity index (χ1) is 24.1. The van der Waals surface area contributed by atoms with Crippen molar-refractivity contribution >= 4 is 35.4 Å². The molecule has 0 saturated carbocycles. The molecule has 4 fully saturated rings. The fraction of sp³-hybridized carbons (Fsp3) is 0.857. The van der Waals surface area contributed by atoms with E-state index in [0.717, 1.165) is 51.6 Å². The number of nitrogens with zero attached hydrogens (tertiary/aromatic N) is 4. The van der Waals surface area contributed by atoms with Crippen molar-refractivity contribution < 1.29 is 28.8 Å². The quantitative estimate of drug-likeness (QED) is 0.154. The molecule has 4 heterocycles. The van der Waals surface area contributed by atoms with Gasteiger partial charge in [0.15, 0.2) is 0 Å². The Labute approximate surface area is 314 Å². The summed E-state index contributed by atoms with van der Waals surface area (Å²) in [5.41, 5.74) is -0.194. The molecule has 294 valence electrons. The van der Waals surface area contributed by atoms with Crippen molar-refractivity contribution in [1.82, 2.24) is 19.6 Å². The monoisotopic (exact) mass is 727 g/mol. The van der Waals surface area contributed by atoms with Crippen LogP contribution in [0.25, 0.3) is 0 Å². The zero-order chi connectivity index (χ0) is 38.8. The van der Waals surface area contributed by atoms with Crippen LogP contribution < -0.4 is 0 Å². The van der Waals surface area contributed by atoms with E-state index in [9.17, 15) is 28.8 Å². The topological polar surface area (TPSA) is 115 Å². The molecule has 0 spiro atoms. The van der Waals surface area contributed by atoms with Gasteiger partial charge in [-0.2, -0.15) is 0 Å². The molecule has 6 amide bonds. The predicted octanol–water partition coefficient (Wildman–Crippen LogP) is 6.70. The molecule has 10 nitrogen and oxygen atoms in total. The van der Waals surface area contributed by atoms with Gasteiger partial charge in [-0.05, 0) is 78.9 Å². The highest BCUT2D eigenvalue weighted by Gasteiger charge is 2.49. The van der Waals surface area contributed by atoms with Crippen LogP contribution in [0.2, 0.25) is 0 Å². The first kappa shape index (κ1) is 42.0. The van der Waals surface area contributed by atoms with Crippen molar-refractivity contribution in [3.63, 3.8) is 0 Å². The molecule has 4 aliphatic heterocycles. The van der Waals surface area contributed by atoms with Gasteiger partial charge in [-0.1, -0.05) is 75.7 Å². The first-order valence-corrected chi connectivity index (χ1v) is 20.4. The van der Waals surface area contributed by atoms with E-state index in [1.54, 1.807) is 0 Å². The molecule has 4 rings (SSSR count). The number of likely N-dealkylation sites (tertiary alicyclic amines) is 4. The molecule has 0 N–H and O–H groups in total. The average molecular weight is 727 g/mol. The van der Waals surface area contributed by atoms with Crippen LogP contribution in [0.5, 0.6) is 0 Å². The Morgan fingerprint density at radius 1 is 0.673 bits per heavy atom. The molecule has 0 bridgehead atoms. The number of carbonyl (C=O) groups excluding carboxylic acids is 6. The van der Waals surface area contributed by atoms with Crippen LogP contribution in [0.3, 0.4) is 0 Å². The van der Waals surface area contributed by atoms with E-state index in [2.05, 4.69) is 55.4 Å². The molecule has 4 atom stereocenters. The first-order valence-electron chi connectivity index (χ1n) is 20.4. The molecule has 0 aromatic rings. The summed E-state index contributed by atoms with van der Waals surface area (Å²) in [5.74, 6) is -0.152. The van der Waals surface area contributed by atoms with Crippen LogP contribution in [0, 0.1) is 45.8 Å². The van der Waals surface area contributed by atoms with E-state index in [4.69, 9.17) is 0 Å². The van der Waals surface area contributed by atoms with E-state index < -0.39 is 11.3 Å². The maximum atomic E-state index is 13.8. The smallest absolute Gasteiger partial charge is 0.233 e. The van der Waals surface area contributed by atoms with Crippen molar-refractivity contribution in [2.24, 2.45) is 45.8 Å². The minimum absolute atomic E-state index is 0.0570. The zero-order valence-corrected chi connectivity index (χ0v) is 34.2. The molecular weight excluding hydrogens is 656 g/mol. The Kier molecular flexibility index (Phi) is 13.5. The third-order valence-corrected chi connectivity index (χ3v) is 13.2. The van der Waals surface area contributed by atoms with E-state index in [-0.39, 0.29) is 90.0 Å². The number of rotatable bonds is 13. The maximum absolute atomic E-state index is 13.8. The van der Waals surface area contributed by atoms with Crippen LogP contribution in [-0.2, 0) is 28.8 Å². The van der Waals surface area contributed by atoms with E-state index in [0.29, 0.717) is 44.2 Å². The van der Waals surface area contributed by atoms with Crippen LogP contribution in [0.4, 0.5) is 0 Å². The molecule has 4 saturated heterocycles. The lowest BCUT2D eigenvalue weighted by atomic mass is 9.68. The molecule has 0 aliphatic carbocycles. The summed E-state index contributed by atoms with van der Waals surface area (Å²) in [7, 11) is 0. The summed E-state index contributed by atoms with van der Waals surface area (Å²) in [6.45, 7) is 24.3. The van der Waals surface area contributed by atoms with Gasteiger partial charge in [0.1, 0.15) is 0 Å². The Morgan fingerprint density at radius 3 is 1.83 bits per heavy atom. The largest absolute Gasteiger partial charge is 0.343 e. The lowest BCUT2D eigenvalue weighted by Gasteiger charge is -2.47. The van der Waals surface area contributed by atoms with E-state index >= 15 is 0 Å². The Morgan fingerprint density at radius 2 is 1.25 bits per heavy atom. The summed E-state index contributed by atoms with van der Waals surface area (Å²) in [4.78, 5) is 85.9. The van der Waals surface area contributed by atoms with Crippen LogP contribution >= 0.6 is 0 Å². The molecule has 0 aromatic carbocycles. The number of unbranched alkanes of at least 4 members (excludes halogenated alkanes) is 2. The second kappa shape index (κ2) is 16.7. The average Bonchev–Trinajstić information content (AvgIpc) is 3.51. The van der Waals surface area contributed by atoms with Crippen LogP contribution in [0.1, 0.15) is 146 Å². The SMILES string of the molecule is CC(C)C1CC(=O)N(CCC(=O)N2CCC(C(C)(C)C)CC2CC(C)(C)C2CC(=O)N(CCCCCC(=O)N3CCC(C(C)(C)C)CC3)C2=O)C1=O. The third kappa shape index (κ3) is 10.0. The highest BCUT2D eigenvalue weighted by Crippen LogP contribution is 2.45. The molecular formula is C42H70N4O6. The number of hydrogen-bond acceptors (Lipinski definition) is 6. The predicted molar refractivity (Wildman–Crippen MR) is 202 cm³/mol. The molecule has 0 aromatic heterocycles. The maximum Gasteiger partial charge on any atom is 0.233 e. The summed E-state index contributed by atoms with van der Waals surface area (Å²) >= 11 is 0. The lowest BCUT2D eigenvalue weighted by molar-refractivity contribution is -0.142. The van der Waals surface area contributed by atoms with Gasteiger partial charge in [-0.15, -0.1) is 0 Å². The van der Waals surface area contributed by atoms with Crippen LogP contribution in [0.15, 0.2) is 0 Å². The van der Waals surface area contributed by atoms with Gasteiger partial charge in [-0.25, -0.2) is 0 Å². The van der Waals surface area contributed by atoms with E-state index in [1.165, 1.54) is 9.80 Å². The molecule has 4 unspecified atom stereocenters. The highest BCUT2D eigenvalue weighted by molar-refractivity contribution is 6.04. The van der Waals surface area contributed by atoms with Crippen molar-refractivity contribution in [1.29, 1.82) is 0 Å². The van der Waals surface area contributed by atoms with Gasteiger partial charge in [0.05, 0.1) is 5.92 Å². The molecule has 4 aliphatic rings.